The molecule has 0 radical (unpaired) electrons. The van der Waals surface area contributed by atoms with Crippen molar-refractivity contribution in [2.45, 2.75) is 65.6 Å². The molecule has 0 saturated carbocycles. The monoisotopic (exact) mass is 386 g/mol. The molecule has 0 saturated heterocycles. The highest BCUT2D eigenvalue weighted by Gasteiger charge is 2.13. The molecule has 0 fully saturated rings. The molecule has 0 heterocycles. The number of aryl methyl sites for hydroxylation is 2. The van der Waals surface area contributed by atoms with Crippen LogP contribution in [-0.4, -0.2) is 16.4 Å². The lowest BCUT2D eigenvalue weighted by atomic mass is 10.0. The van der Waals surface area contributed by atoms with Gasteiger partial charge >= 0.3 is 6.16 Å². The molecule has 0 aliphatic heterocycles. The van der Waals surface area contributed by atoms with Gasteiger partial charge in [-0.05, 0) is 36.8 Å². The average Bonchev–Trinajstić information content (AvgIpc) is 2.70. The Morgan fingerprint density at radius 1 is 0.750 bits per heavy atom. The minimum absolute atomic E-state index is 0.0623. The predicted octanol–water partition coefficient (Wildman–Crippen LogP) is 5.64. The standard InChI is InChI=1S/C23H30O5/c1-3-5-9-17-11-7-13-19(21(17)24)15-27-23(26)28-16-20-14-8-12-18(22(20)25)10-6-4-2/h7-8,11-14,24-25H,3-6,9-10,15-16H2,1-2H3. The third-order valence-electron chi connectivity index (χ3n) is 4.70. The molecule has 2 aromatic rings. The molecule has 0 aromatic heterocycles. The maximum Gasteiger partial charge on any atom is 0.508 e. The first-order valence-electron chi connectivity index (χ1n) is 9.95. The van der Waals surface area contributed by atoms with Crippen LogP contribution in [0.15, 0.2) is 36.4 Å². The molecule has 0 atom stereocenters. The number of phenolic OH excluding ortho intramolecular Hbond substituents is 2. The number of hydrogen-bond donors (Lipinski definition) is 2. The van der Waals surface area contributed by atoms with Crippen LogP contribution in [0.5, 0.6) is 11.5 Å². The number of benzene rings is 2. The summed E-state index contributed by atoms with van der Waals surface area (Å²) >= 11 is 0. The topological polar surface area (TPSA) is 76.0 Å². The van der Waals surface area contributed by atoms with Crippen LogP contribution in [0.4, 0.5) is 4.79 Å². The van der Waals surface area contributed by atoms with Crippen molar-refractivity contribution in [2.75, 3.05) is 0 Å². The van der Waals surface area contributed by atoms with Crippen molar-refractivity contribution >= 4 is 6.16 Å². The molecular formula is C23H30O5. The largest absolute Gasteiger partial charge is 0.508 e. The van der Waals surface area contributed by atoms with Gasteiger partial charge in [-0.2, -0.15) is 0 Å². The first-order chi connectivity index (χ1) is 13.6. The first kappa shape index (κ1) is 21.6. The lowest BCUT2D eigenvalue weighted by Gasteiger charge is -2.12. The van der Waals surface area contributed by atoms with Gasteiger partial charge in [-0.1, -0.05) is 63.1 Å². The second-order valence-electron chi connectivity index (χ2n) is 6.88. The molecule has 0 bridgehead atoms. The lowest BCUT2D eigenvalue weighted by molar-refractivity contribution is 0.0438. The molecule has 28 heavy (non-hydrogen) atoms. The number of rotatable bonds is 10. The van der Waals surface area contributed by atoms with Crippen LogP contribution in [0.25, 0.3) is 0 Å². The fraction of sp³-hybridized carbons (Fsp3) is 0.435. The third-order valence-corrected chi connectivity index (χ3v) is 4.70. The van der Waals surface area contributed by atoms with Crippen molar-refractivity contribution in [2.24, 2.45) is 0 Å². The summed E-state index contributed by atoms with van der Waals surface area (Å²) < 4.78 is 10.2. The highest BCUT2D eigenvalue weighted by atomic mass is 16.7. The fourth-order valence-corrected chi connectivity index (χ4v) is 2.97. The number of carbonyl (C=O) groups excluding carboxylic acids is 1. The molecule has 0 unspecified atom stereocenters. The van der Waals surface area contributed by atoms with Gasteiger partial charge in [0.25, 0.3) is 0 Å². The van der Waals surface area contributed by atoms with Gasteiger partial charge in [0.05, 0.1) is 0 Å². The van der Waals surface area contributed by atoms with Gasteiger partial charge in [0.2, 0.25) is 0 Å². The van der Waals surface area contributed by atoms with Gasteiger partial charge < -0.3 is 19.7 Å². The van der Waals surface area contributed by atoms with Crippen molar-refractivity contribution in [3.8, 4) is 11.5 Å². The van der Waals surface area contributed by atoms with Crippen LogP contribution in [0, 0.1) is 0 Å². The van der Waals surface area contributed by atoms with Gasteiger partial charge in [-0.3, -0.25) is 0 Å². The normalized spacial score (nSPS) is 10.6. The molecule has 5 heteroatoms. The molecular weight excluding hydrogens is 356 g/mol. The summed E-state index contributed by atoms with van der Waals surface area (Å²) in [7, 11) is 0. The molecule has 0 aliphatic rings. The van der Waals surface area contributed by atoms with Crippen LogP contribution in [0.1, 0.15) is 61.8 Å². The van der Waals surface area contributed by atoms with Crippen LogP contribution in [0.2, 0.25) is 0 Å². The summed E-state index contributed by atoms with van der Waals surface area (Å²) in [4.78, 5) is 11.9. The van der Waals surface area contributed by atoms with E-state index in [4.69, 9.17) is 9.47 Å². The number of hydrogen-bond acceptors (Lipinski definition) is 5. The summed E-state index contributed by atoms with van der Waals surface area (Å²) in [6, 6.07) is 10.9. The Bertz CT molecular complexity index is 706. The van der Waals surface area contributed by atoms with E-state index < -0.39 is 6.16 Å². The minimum atomic E-state index is -0.836. The molecule has 2 rings (SSSR count). The maximum absolute atomic E-state index is 11.9. The molecule has 0 spiro atoms. The van der Waals surface area contributed by atoms with E-state index >= 15 is 0 Å². The Kier molecular flexibility index (Phi) is 8.66. The van der Waals surface area contributed by atoms with Crippen molar-refractivity contribution in [3.05, 3.63) is 58.7 Å². The predicted molar refractivity (Wildman–Crippen MR) is 108 cm³/mol. The molecule has 2 aromatic carbocycles. The molecule has 0 aliphatic carbocycles. The summed E-state index contributed by atoms with van der Waals surface area (Å²) in [5, 5.41) is 20.6. The number of ether oxygens (including phenoxy) is 2. The highest BCUT2D eigenvalue weighted by molar-refractivity contribution is 5.60. The van der Waals surface area contributed by atoms with E-state index in [-0.39, 0.29) is 24.7 Å². The van der Waals surface area contributed by atoms with E-state index in [0.717, 1.165) is 49.7 Å². The summed E-state index contributed by atoms with van der Waals surface area (Å²) in [5.41, 5.74) is 2.81. The van der Waals surface area contributed by atoms with E-state index in [1.807, 2.05) is 24.3 Å². The zero-order valence-electron chi connectivity index (χ0n) is 16.7. The molecule has 5 nitrogen and oxygen atoms in total. The highest BCUT2D eigenvalue weighted by Crippen LogP contribution is 2.26. The number of phenols is 2. The van der Waals surface area contributed by atoms with Gasteiger partial charge in [0, 0.05) is 11.1 Å². The van der Waals surface area contributed by atoms with Crippen molar-refractivity contribution in [1.29, 1.82) is 0 Å². The van der Waals surface area contributed by atoms with E-state index in [1.165, 1.54) is 0 Å². The Labute approximate surface area is 166 Å². The van der Waals surface area contributed by atoms with Crippen LogP contribution in [-0.2, 0) is 35.5 Å². The SMILES string of the molecule is CCCCc1cccc(COC(=O)OCc2cccc(CCCC)c2O)c1O. The fourth-order valence-electron chi connectivity index (χ4n) is 2.97. The van der Waals surface area contributed by atoms with E-state index in [1.54, 1.807) is 12.1 Å². The minimum Gasteiger partial charge on any atom is -0.507 e. The summed E-state index contributed by atoms with van der Waals surface area (Å²) in [5.74, 6) is 0.343. The average molecular weight is 386 g/mol. The number of aromatic hydroxyl groups is 2. The van der Waals surface area contributed by atoms with Crippen LogP contribution < -0.4 is 0 Å². The lowest BCUT2D eigenvalue weighted by Crippen LogP contribution is -2.08. The molecule has 152 valence electrons. The Balaban J connectivity index is 1.88. The Hall–Kier alpha value is -2.69. The zero-order valence-corrected chi connectivity index (χ0v) is 16.7. The van der Waals surface area contributed by atoms with E-state index in [9.17, 15) is 15.0 Å². The Morgan fingerprint density at radius 2 is 1.14 bits per heavy atom. The molecule has 2 N–H and O–H groups in total. The number of unbranched alkanes of at least 4 members (excludes halogenated alkanes) is 2. The van der Waals surface area contributed by atoms with Crippen molar-refractivity contribution < 1.29 is 24.5 Å². The zero-order chi connectivity index (χ0) is 20.4. The van der Waals surface area contributed by atoms with Gasteiger partial charge in [0.15, 0.2) is 0 Å². The number of carbonyl (C=O) groups is 1. The number of para-hydroxylation sites is 2. The second kappa shape index (κ2) is 11.2. The maximum atomic E-state index is 11.9. The smallest absolute Gasteiger partial charge is 0.507 e. The van der Waals surface area contributed by atoms with Crippen molar-refractivity contribution in [1.82, 2.24) is 0 Å². The van der Waals surface area contributed by atoms with Crippen LogP contribution in [0.3, 0.4) is 0 Å². The summed E-state index contributed by atoms with van der Waals surface area (Å²) in [6.07, 6.45) is 4.79. The van der Waals surface area contributed by atoms with Gasteiger partial charge in [-0.25, -0.2) is 4.79 Å². The van der Waals surface area contributed by atoms with Crippen LogP contribution >= 0.6 is 0 Å². The van der Waals surface area contributed by atoms with Gasteiger partial charge in [0.1, 0.15) is 24.7 Å². The second-order valence-corrected chi connectivity index (χ2v) is 6.88. The quantitative estimate of drug-likeness (QED) is 0.517. The third kappa shape index (κ3) is 6.19. The van der Waals surface area contributed by atoms with E-state index in [0.29, 0.717) is 11.1 Å². The first-order valence-corrected chi connectivity index (χ1v) is 9.95. The molecule has 0 amide bonds. The van der Waals surface area contributed by atoms with E-state index in [2.05, 4.69) is 13.8 Å². The Morgan fingerprint density at radius 3 is 1.54 bits per heavy atom. The van der Waals surface area contributed by atoms with Gasteiger partial charge in [-0.15, -0.1) is 0 Å². The summed E-state index contributed by atoms with van der Waals surface area (Å²) in [6.45, 7) is 4.06. The van der Waals surface area contributed by atoms with Crippen molar-refractivity contribution in [3.63, 3.8) is 0 Å².